The first kappa shape index (κ1) is 19.2. The molecular weight excluding hydrogens is 244 g/mol. The zero-order valence-corrected chi connectivity index (χ0v) is 13.8. The predicted molar refractivity (Wildman–Crippen MR) is 88.8 cm³/mol. The van der Waals surface area contributed by atoms with E-state index in [1.54, 1.807) is 0 Å². The monoisotopic (exact) mass is 278 g/mol. The lowest BCUT2D eigenvalue weighted by atomic mass is 10.1. The molecule has 0 saturated carbocycles. The minimum Gasteiger partial charge on any atom is -0.300 e. The third kappa shape index (κ3) is 15.3. The van der Waals surface area contributed by atoms with Crippen molar-refractivity contribution in [3.63, 3.8) is 0 Å². The minimum atomic E-state index is 0.403. The molecule has 0 spiro atoms. The van der Waals surface area contributed by atoms with Gasteiger partial charge in [-0.05, 0) is 12.8 Å². The summed E-state index contributed by atoms with van der Waals surface area (Å²) in [6.07, 6.45) is 15.8. The van der Waals surface area contributed by atoms with Gasteiger partial charge in [-0.2, -0.15) is 0 Å². The molecule has 0 rings (SSSR count). The number of ketones is 1. The number of hydrogen-bond acceptors (Lipinski definition) is 1. The summed E-state index contributed by atoms with van der Waals surface area (Å²) in [7, 11) is 0. The second kappa shape index (κ2) is 16.3. The standard InChI is InChI=1S/C19H34O/c1-3-5-7-9-11-12-14-16-18-19(20)17-15-13-10-8-6-4-2/h3-11,13,15-18H2,1-2H3. The van der Waals surface area contributed by atoms with Gasteiger partial charge in [-0.15, -0.1) is 11.8 Å². The average molecular weight is 278 g/mol. The topological polar surface area (TPSA) is 17.1 Å². The van der Waals surface area contributed by atoms with Gasteiger partial charge in [0.25, 0.3) is 0 Å². The lowest BCUT2D eigenvalue weighted by molar-refractivity contribution is -0.119. The molecule has 0 saturated heterocycles. The molecule has 0 amide bonds. The first-order valence-electron chi connectivity index (χ1n) is 8.78. The lowest BCUT2D eigenvalue weighted by Crippen LogP contribution is -1.96. The maximum Gasteiger partial charge on any atom is 0.133 e. The fraction of sp³-hybridized carbons (Fsp3) is 0.842. The van der Waals surface area contributed by atoms with Crippen LogP contribution in [0.1, 0.15) is 104 Å². The number of carbonyl (C=O) groups excluding carboxylic acids is 1. The first-order chi connectivity index (χ1) is 9.81. The van der Waals surface area contributed by atoms with Crippen LogP contribution in [0.5, 0.6) is 0 Å². The molecule has 20 heavy (non-hydrogen) atoms. The Kier molecular flexibility index (Phi) is 15.7. The van der Waals surface area contributed by atoms with E-state index in [0.29, 0.717) is 12.2 Å². The quantitative estimate of drug-likeness (QED) is 0.295. The van der Waals surface area contributed by atoms with E-state index in [4.69, 9.17) is 0 Å². The van der Waals surface area contributed by atoms with E-state index in [0.717, 1.165) is 25.7 Å². The molecule has 116 valence electrons. The van der Waals surface area contributed by atoms with Gasteiger partial charge in [0, 0.05) is 25.7 Å². The van der Waals surface area contributed by atoms with Gasteiger partial charge in [0.2, 0.25) is 0 Å². The SMILES string of the molecule is CCCCCCC#CCCC(=O)CCCCCCCC. The van der Waals surface area contributed by atoms with Gasteiger partial charge in [0.15, 0.2) is 0 Å². The number of carbonyl (C=O) groups is 1. The van der Waals surface area contributed by atoms with Gasteiger partial charge < -0.3 is 0 Å². The van der Waals surface area contributed by atoms with Crippen LogP contribution < -0.4 is 0 Å². The van der Waals surface area contributed by atoms with Crippen LogP contribution in [-0.4, -0.2) is 5.78 Å². The van der Waals surface area contributed by atoms with Crippen LogP contribution in [0.4, 0.5) is 0 Å². The van der Waals surface area contributed by atoms with Crippen molar-refractivity contribution in [1.29, 1.82) is 0 Å². The summed E-state index contributed by atoms with van der Waals surface area (Å²) < 4.78 is 0. The maximum atomic E-state index is 11.6. The third-order valence-corrected chi connectivity index (χ3v) is 3.62. The highest BCUT2D eigenvalue weighted by Gasteiger charge is 2.00. The molecule has 0 aliphatic heterocycles. The summed E-state index contributed by atoms with van der Waals surface area (Å²) in [6.45, 7) is 4.45. The Bertz CT molecular complexity index is 269. The second-order valence-electron chi connectivity index (χ2n) is 5.72. The van der Waals surface area contributed by atoms with Crippen molar-refractivity contribution in [2.75, 3.05) is 0 Å². The van der Waals surface area contributed by atoms with Gasteiger partial charge in [-0.3, -0.25) is 4.79 Å². The Labute approximate surface area is 126 Å². The third-order valence-electron chi connectivity index (χ3n) is 3.62. The number of rotatable bonds is 13. The second-order valence-corrected chi connectivity index (χ2v) is 5.72. The van der Waals surface area contributed by atoms with E-state index >= 15 is 0 Å². The fourth-order valence-electron chi connectivity index (χ4n) is 2.25. The van der Waals surface area contributed by atoms with Crippen LogP contribution in [0.15, 0.2) is 0 Å². The number of unbranched alkanes of at least 4 members (excludes halogenated alkanes) is 9. The molecule has 0 aliphatic rings. The van der Waals surface area contributed by atoms with Crippen molar-refractivity contribution < 1.29 is 4.79 Å². The van der Waals surface area contributed by atoms with Gasteiger partial charge in [0.1, 0.15) is 5.78 Å². The van der Waals surface area contributed by atoms with Crippen LogP contribution in [0.3, 0.4) is 0 Å². The molecule has 1 heteroatoms. The van der Waals surface area contributed by atoms with E-state index in [1.165, 1.54) is 57.8 Å². The Morgan fingerprint density at radius 1 is 0.650 bits per heavy atom. The maximum absolute atomic E-state index is 11.6. The van der Waals surface area contributed by atoms with Crippen molar-refractivity contribution in [3.05, 3.63) is 0 Å². The summed E-state index contributed by atoms with van der Waals surface area (Å²) in [5, 5.41) is 0. The molecule has 0 heterocycles. The summed E-state index contributed by atoms with van der Waals surface area (Å²) >= 11 is 0. The molecular formula is C19H34O. The van der Waals surface area contributed by atoms with Gasteiger partial charge >= 0.3 is 0 Å². The molecule has 0 aromatic carbocycles. The molecule has 0 N–H and O–H groups in total. The van der Waals surface area contributed by atoms with Crippen molar-refractivity contribution in [2.45, 2.75) is 104 Å². The zero-order chi connectivity index (χ0) is 14.9. The zero-order valence-electron chi connectivity index (χ0n) is 13.8. The summed E-state index contributed by atoms with van der Waals surface area (Å²) in [6, 6.07) is 0. The van der Waals surface area contributed by atoms with Crippen LogP contribution in [0.25, 0.3) is 0 Å². The van der Waals surface area contributed by atoms with E-state index in [1.807, 2.05) is 0 Å². The first-order valence-corrected chi connectivity index (χ1v) is 8.78. The highest BCUT2D eigenvalue weighted by atomic mass is 16.1. The van der Waals surface area contributed by atoms with E-state index in [2.05, 4.69) is 25.7 Å². The molecule has 1 nitrogen and oxygen atoms in total. The molecule has 0 fully saturated rings. The van der Waals surface area contributed by atoms with Crippen LogP contribution >= 0.6 is 0 Å². The molecule has 0 bridgehead atoms. The van der Waals surface area contributed by atoms with Gasteiger partial charge in [0.05, 0.1) is 0 Å². The Morgan fingerprint density at radius 3 is 1.90 bits per heavy atom. The Morgan fingerprint density at radius 2 is 1.20 bits per heavy atom. The van der Waals surface area contributed by atoms with Gasteiger partial charge in [-0.25, -0.2) is 0 Å². The average Bonchev–Trinajstić information content (AvgIpc) is 2.45. The predicted octanol–water partition coefficient (Wildman–Crippen LogP) is 6.06. The molecule has 0 radical (unpaired) electrons. The van der Waals surface area contributed by atoms with Crippen molar-refractivity contribution >= 4 is 5.78 Å². The molecule has 0 aliphatic carbocycles. The number of Topliss-reactive ketones (excluding diaryl/α,β-unsaturated/α-hetero) is 1. The minimum absolute atomic E-state index is 0.403. The van der Waals surface area contributed by atoms with Crippen molar-refractivity contribution in [2.24, 2.45) is 0 Å². The Hall–Kier alpha value is -0.770. The smallest absolute Gasteiger partial charge is 0.133 e. The Balaban J connectivity index is 3.29. The van der Waals surface area contributed by atoms with Crippen LogP contribution in [0.2, 0.25) is 0 Å². The van der Waals surface area contributed by atoms with E-state index < -0.39 is 0 Å². The summed E-state index contributed by atoms with van der Waals surface area (Å²) in [4.78, 5) is 11.6. The largest absolute Gasteiger partial charge is 0.300 e. The van der Waals surface area contributed by atoms with E-state index in [9.17, 15) is 4.79 Å². The highest BCUT2D eigenvalue weighted by molar-refractivity contribution is 5.78. The van der Waals surface area contributed by atoms with Crippen LogP contribution in [0, 0.1) is 11.8 Å². The van der Waals surface area contributed by atoms with Crippen LogP contribution in [-0.2, 0) is 4.79 Å². The van der Waals surface area contributed by atoms with Crippen molar-refractivity contribution in [3.8, 4) is 11.8 Å². The molecule has 0 aromatic heterocycles. The van der Waals surface area contributed by atoms with E-state index in [-0.39, 0.29) is 0 Å². The molecule has 0 unspecified atom stereocenters. The highest BCUT2D eigenvalue weighted by Crippen LogP contribution is 2.08. The molecule has 0 aromatic rings. The summed E-state index contributed by atoms with van der Waals surface area (Å²) in [5.41, 5.74) is 0. The summed E-state index contributed by atoms with van der Waals surface area (Å²) in [5.74, 6) is 6.73. The fourth-order valence-corrected chi connectivity index (χ4v) is 2.25. The normalized spacial score (nSPS) is 10.1. The number of hydrogen-bond donors (Lipinski definition) is 0. The van der Waals surface area contributed by atoms with Crippen molar-refractivity contribution in [1.82, 2.24) is 0 Å². The molecule has 0 atom stereocenters. The lowest BCUT2D eigenvalue weighted by Gasteiger charge is -1.99. The van der Waals surface area contributed by atoms with Gasteiger partial charge in [-0.1, -0.05) is 65.2 Å².